The molecule has 3 unspecified atom stereocenters. The molecular formula is C16H27NO2. The van der Waals surface area contributed by atoms with Gasteiger partial charge in [0.25, 0.3) is 0 Å². The molecule has 3 heteroatoms. The molecular weight excluding hydrogens is 238 g/mol. The second-order valence-electron chi connectivity index (χ2n) is 5.72. The van der Waals surface area contributed by atoms with Crippen LogP contribution >= 0.6 is 0 Å². The van der Waals surface area contributed by atoms with Crippen LogP contribution in [0.15, 0.2) is 18.2 Å². The summed E-state index contributed by atoms with van der Waals surface area (Å²) in [6.45, 7) is 8.27. The third-order valence-corrected chi connectivity index (χ3v) is 3.65. The molecule has 0 saturated carbocycles. The van der Waals surface area contributed by atoms with Gasteiger partial charge in [-0.3, -0.25) is 0 Å². The zero-order chi connectivity index (χ0) is 14.6. The molecule has 0 spiro atoms. The second-order valence-corrected chi connectivity index (χ2v) is 5.72. The lowest BCUT2D eigenvalue weighted by atomic mass is 9.89. The molecule has 1 rings (SSSR count). The second kappa shape index (κ2) is 6.92. The lowest BCUT2D eigenvalue weighted by Crippen LogP contribution is -2.32. The van der Waals surface area contributed by atoms with Gasteiger partial charge in [0.1, 0.15) is 5.75 Å². The third-order valence-electron chi connectivity index (χ3n) is 3.65. The number of hydrogen-bond donors (Lipinski definition) is 2. The molecule has 0 fully saturated rings. The van der Waals surface area contributed by atoms with Gasteiger partial charge in [0.05, 0.1) is 13.2 Å². The van der Waals surface area contributed by atoms with Crippen molar-refractivity contribution in [2.24, 2.45) is 5.73 Å². The van der Waals surface area contributed by atoms with Gasteiger partial charge in [-0.2, -0.15) is 0 Å². The summed E-state index contributed by atoms with van der Waals surface area (Å²) in [6.07, 6.45) is 0.223. The quantitative estimate of drug-likeness (QED) is 0.831. The summed E-state index contributed by atoms with van der Waals surface area (Å²) in [6, 6.07) is 6.08. The first-order valence-electron chi connectivity index (χ1n) is 6.98. The predicted molar refractivity (Wildman–Crippen MR) is 79.8 cm³/mol. The SMILES string of the molecule is COc1ccc(C(C)CC(O)C(C)N)cc1C(C)C. The summed E-state index contributed by atoms with van der Waals surface area (Å²) >= 11 is 0. The summed E-state index contributed by atoms with van der Waals surface area (Å²) < 4.78 is 5.39. The Morgan fingerprint density at radius 1 is 1.21 bits per heavy atom. The minimum absolute atomic E-state index is 0.190. The Kier molecular flexibility index (Phi) is 5.83. The Morgan fingerprint density at radius 3 is 2.32 bits per heavy atom. The number of benzene rings is 1. The van der Waals surface area contributed by atoms with Gasteiger partial charge in [-0.25, -0.2) is 0 Å². The van der Waals surface area contributed by atoms with Crippen molar-refractivity contribution < 1.29 is 9.84 Å². The van der Waals surface area contributed by atoms with Crippen LogP contribution in [0.2, 0.25) is 0 Å². The van der Waals surface area contributed by atoms with Crippen LogP contribution < -0.4 is 10.5 Å². The highest BCUT2D eigenvalue weighted by Gasteiger charge is 2.17. The molecule has 0 saturated heterocycles. The molecule has 1 aromatic carbocycles. The van der Waals surface area contributed by atoms with Crippen molar-refractivity contribution >= 4 is 0 Å². The Balaban J connectivity index is 2.92. The van der Waals surface area contributed by atoms with E-state index in [9.17, 15) is 5.11 Å². The molecule has 108 valence electrons. The Bertz CT molecular complexity index is 402. The van der Waals surface area contributed by atoms with Crippen LogP contribution in [0.25, 0.3) is 0 Å². The summed E-state index contributed by atoms with van der Waals surface area (Å²) in [5.41, 5.74) is 8.15. The number of ether oxygens (including phenoxy) is 1. The van der Waals surface area contributed by atoms with Crippen LogP contribution in [0.3, 0.4) is 0 Å². The van der Waals surface area contributed by atoms with Crippen LogP contribution in [-0.4, -0.2) is 24.4 Å². The molecule has 0 amide bonds. The molecule has 0 aliphatic heterocycles. The molecule has 3 N–H and O–H groups in total. The van der Waals surface area contributed by atoms with E-state index in [1.54, 1.807) is 7.11 Å². The molecule has 3 atom stereocenters. The minimum Gasteiger partial charge on any atom is -0.496 e. The summed E-state index contributed by atoms with van der Waals surface area (Å²) in [4.78, 5) is 0. The van der Waals surface area contributed by atoms with Crippen molar-refractivity contribution in [1.82, 2.24) is 0 Å². The summed E-state index contributed by atoms with van der Waals surface area (Å²) in [5.74, 6) is 1.63. The summed E-state index contributed by atoms with van der Waals surface area (Å²) in [7, 11) is 1.70. The first kappa shape index (κ1) is 16.0. The van der Waals surface area contributed by atoms with E-state index in [-0.39, 0.29) is 12.0 Å². The van der Waals surface area contributed by atoms with Crippen LogP contribution in [0, 0.1) is 0 Å². The van der Waals surface area contributed by atoms with Gasteiger partial charge in [-0.1, -0.05) is 32.9 Å². The van der Waals surface area contributed by atoms with Crippen LogP contribution in [0.1, 0.15) is 57.1 Å². The van der Waals surface area contributed by atoms with E-state index < -0.39 is 6.10 Å². The maximum Gasteiger partial charge on any atom is 0.122 e. The number of aliphatic hydroxyl groups is 1. The monoisotopic (exact) mass is 265 g/mol. The smallest absolute Gasteiger partial charge is 0.122 e. The molecule has 19 heavy (non-hydrogen) atoms. The molecule has 0 aliphatic rings. The van der Waals surface area contributed by atoms with Gasteiger partial charge in [-0.05, 0) is 42.4 Å². The van der Waals surface area contributed by atoms with E-state index in [1.165, 1.54) is 11.1 Å². The van der Waals surface area contributed by atoms with Gasteiger partial charge in [-0.15, -0.1) is 0 Å². The number of rotatable bonds is 6. The number of nitrogens with two attached hydrogens (primary N) is 1. The van der Waals surface area contributed by atoms with Crippen LogP contribution in [-0.2, 0) is 0 Å². The highest BCUT2D eigenvalue weighted by molar-refractivity contribution is 5.40. The first-order chi connectivity index (χ1) is 8.86. The molecule has 1 aromatic rings. The Labute approximate surface area is 116 Å². The zero-order valence-corrected chi connectivity index (χ0v) is 12.7. The van der Waals surface area contributed by atoms with Crippen molar-refractivity contribution in [2.75, 3.05) is 7.11 Å². The lowest BCUT2D eigenvalue weighted by Gasteiger charge is -2.21. The molecule has 0 aromatic heterocycles. The maximum absolute atomic E-state index is 9.89. The number of methoxy groups -OCH3 is 1. The fraction of sp³-hybridized carbons (Fsp3) is 0.625. The van der Waals surface area contributed by atoms with Gasteiger partial charge < -0.3 is 15.6 Å². The van der Waals surface area contributed by atoms with Crippen LogP contribution in [0.4, 0.5) is 0 Å². The highest BCUT2D eigenvalue weighted by Crippen LogP contribution is 2.31. The lowest BCUT2D eigenvalue weighted by molar-refractivity contribution is 0.134. The zero-order valence-electron chi connectivity index (χ0n) is 12.7. The van der Waals surface area contributed by atoms with Gasteiger partial charge in [0.2, 0.25) is 0 Å². The molecule has 3 nitrogen and oxygen atoms in total. The molecule has 0 radical (unpaired) electrons. The first-order valence-corrected chi connectivity index (χ1v) is 6.98. The third kappa shape index (κ3) is 4.22. The van der Waals surface area contributed by atoms with E-state index in [0.29, 0.717) is 12.3 Å². The average Bonchev–Trinajstić information content (AvgIpc) is 2.37. The standard InChI is InChI=1S/C16H27NO2/c1-10(2)14-9-13(6-7-16(14)19-5)11(3)8-15(18)12(4)17/h6-7,9-12,15,18H,8,17H2,1-5H3. The maximum atomic E-state index is 9.89. The molecule has 0 heterocycles. The molecule has 0 aliphatic carbocycles. The Morgan fingerprint density at radius 2 is 1.84 bits per heavy atom. The fourth-order valence-electron chi connectivity index (χ4n) is 2.22. The fourth-order valence-corrected chi connectivity index (χ4v) is 2.22. The van der Waals surface area contributed by atoms with Gasteiger partial charge in [0, 0.05) is 6.04 Å². The van der Waals surface area contributed by atoms with Gasteiger partial charge in [0.15, 0.2) is 0 Å². The Hall–Kier alpha value is -1.06. The topological polar surface area (TPSA) is 55.5 Å². The largest absolute Gasteiger partial charge is 0.496 e. The van der Waals surface area contributed by atoms with Crippen molar-refractivity contribution in [3.05, 3.63) is 29.3 Å². The van der Waals surface area contributed by atoms with Crippen molar-refractivity contribution in [2.45, 2.75) is 58.1 Å². The van der Waals surface area contributed by atoms with E-state index in [1.807, 2.05) is 13.0 Å². The highest BCUT2D eigenvalue weighted by atomic mass is 16.5. The van der Waals surface area contributed by atoms with E-state index in [2.05, 4.69) is 32.9 Å². The van der Waals surface area contributed by atoms with Gasteiger partial charge >= 0.3 is 0 Å². The van der Waals surface area contributed by atoms with Crippen molar-refractivity contribution in [1.29, 1.82) is 0 Å². The van der Waals surface area contributed by atoms with E-state index in [0.717, 1.165) is 5.75 Å². The normalized spacial score (nSPS) is 16.2. The number of aliphatic hydroxyl groups excluding tert-OH is 1. The number of hydrogen-bond acceptors (Lipinski definition) is 3. The van der Waals surface area contributed by atoms with Crippen molar-refractivity contribution in [3.63, 3.8) is 0 Å². The van der Waals surface area contributed by atoms with Crippen LogP contribution in [0.5, 0.6) is 5.75 Å². The van der Waals surface area contributed by atoms with Crippen molar-refractivity contribution in [3.8, 4) is 5.75 Å². The summed E-state index contributed by atoms with van der Waals surface area (Å²) in [5, 5.41) is 9.89. The minimum atomic E-state index is -0.459. The van der Waals surface area contributed by atoms with E-state index >= 15 is 0 Å². The average molecular weight is 265 g/mol. The molecule has 0 bridgehead atoms. The predicted octanol–water partition coefficient (Wildman–Crippen LogP) is 3.02. The van der Waals surface area contributed by atoms with E-state index in [4.69, 9.17) is 10.5 Å².